The zero-order valence-corrected chi connectivity index (χ0v) is 9.17. The fourth-order valence-corrected chi connectivity index (χ4v) is 2.14. The van der Waals surface area contributed by atoms with Gasteiger partial charge in [-0.05, 0) is 22.9 Å². The molecule has 2 atom stereocenters. The summed E-state index contributed by atoms with van der Waals surface area (Å²) in [5.41, 5.74) is -0.136. The number of methoxy groups -OCH3 is 1. The lowest BCUT2D eigenvalue weighted by Gasteiger charge is -1.96. The SMILES string of the molecule is COC(=O)/C=C/C1C(C(=O)Cl)C1(C)C. The van der Waals surface area contributed by atoms with Gasteiger partial charge in [-0.25, -0.2) is 4.79 Å². The van der Waals surface area contributed by atoms with Crippen molar-refractivity contribution in [3.63, 3.8) is 0 Å². The largest absolute Gasteiger partial charge is 0.466 e. The highest BCUT2D eigenvalue weighted by Gasteiger charge is 2.59. The Morgan fingerprint density at radius 2 is 2.00 bits per heavy atom. The summed E-state index contributed by atoms with van der Waals surface area (Å²) in [5, 5.41) is -0.338. The number of hydrogen-bond donors (Lipinski definition) is 0. The molecule has 1 saturated carbocycles. The third-order valence-corrected chi connectivity index (χ3v) is 3.03. The van der Waals surface area contributed by atoms with E-state index in [9.17, 15) is 9.59 Å². The Morgan fingerprint density at radius 1 is 1.43 bits per heavy atom. The van der Waals surface area contributed by atoms with Gasteiger partial charge < -0.3 is 4.74 Å². The van der Waals surface area contributed by atoms with Gasteiger partial charge in [0.05, 0.1) is 7.11 Å². The summed E-state index contributed by atoms with van der Waals surface area (Å²) in [5.74, 6) is -0.537. The summed E-state index contributed by atoms with van der Waals surface area (Å²) < 4.78 is 4.45. The van der Waals surface area contributed by atoms with Crippen LogP contribution in [-0.4, -0.2) is 18.3 Å². The molecular formula is C10H13ClO3. The second-order valence-electron chi connectivity index (χ2n) is 4.01. The topological polar surface area (TPSA) is 43.4 Å². The van der Waals surface area contributed by atoms with Gasteiger partial charge in [-0.3, -0.25) is 4.79 Å². The molecule has 2 unspecified atom stereocenters. The molecule has 1 fully saturated rings. The predicted molar refractivity (Wildman–Crippen MR) is 52.8 cm³/mol. The highest BCUT2D eigenvalue weighted by atomic mass is 35.5. The molecule has 1 aliphatic rings. The van der Waals surface area contributed by atoms with E-state index >= 15 is 0 Å². The summed E-state index contributed by atoms with van der Waals surface area (Å²) in [7, 11) is 1.31. The van der Waals surface area contributed by atoms with Crippen molar-refractivity contribution in [2.75, 3.05) is 7.11 Å². The molecule has 0 spiro atoms. The van der Waals surface area contributed by atoms with E-state index < -0.39 is 5.97 Å². The Morgan fingerprint density at radius 3 is 2.36 bits per heavy atom. The molecular weight excluding hydrogens is 204 g/mol. The smallest absolute Gasteiger partial charge is 0.330 e. The van der Waals surface area contributed by atoms with Crippen LogP contribution >= 0.6 is 11.6 Å². The Hall–Kier alpha value is -0.830. The van der Waals surface area contributed by atoms with Crippen LogP contribution in [0, 0.1) is 17.3 Å². The number of rotatable bonds is 3. The standard InChI is InChI=1S/C10H13ClO3/c1-10(2)6(8(10)9(11)13)4-5-7(12)14-3/h4-6,8H,1-3H3/b5-4+. The Bertz CT molecular complexity index is 294. The fraction of sp³-hybridized carbons (Fsp3) is 0.600. The molecule has 0 aromatic rings. The van der Waals surface area contributed by atoms with Gasteiger partial charge in [0.2, 0.25) is 5.24 Å². The zero-order chi connectivity index (χ0) is 10.9. The molecule has 1 aliphatic carbocycles. The molecule has 0 N–H and O–H groups in total. The van der Waals surface area contributed by atoms with Crippen LogP contribution in [-0.2, 0) is 14.3 Å². The second-order valence-corrected chi connectivity index (χ2v) is 4.38. The first kappa shape index (κ1) is 11.2. The number of carbonyl (C=O) groups is 2. The average Bonchev–Trinajstić information content (AvgIpc) is 2.64. The van der Waals surface area contributed by atoms with Crippen molar-refractivity contribution in [3.8, 4) is 0 Å². The number of hydrogen-bond acceptors (Lipinski definition) is 3. The lowest BCUT2D eigenvalue weighted by Crippen LogP contribution is -1.96. The van der Waals surface area contributed by atoms with Crippen molar-refractivity contribution in [2.24, 2.45) is 17.3 Å². The van der Waals surface area contributed by atoms with Gasteiger partial charge in [-0.2, -0.15) is 0 Å². The van der Waals surface area contributed by atoms with Crippen molar-refractivity contribution in [1.29, 1.82) is 0 Å². The first-order chi connectivity index (χ1) is 6.41. The Kier molecular flexibility index (Phi) is 3.00. The molecule has 3 nitrogen and oxygen atoms in total. The normalized spacial score (nSPS) is 28.9. The summed E-state index contributed by atoms with van der Waals surface area (Å²) in [6, 6.07) is 0. The van der Waals surface area contributed by atoms with E-state index in [1.54, 1.807) is 6.08 Å². The van der Waals surface area contributed by atoms with Crippen molar-refractivity contribution < 1.29 is 14.3 Å². The molecule has 0 aromatic carbocycles. The van der Waals surface area contributed by atoms with E-state index in [1.807, 2.05) is 13.8 Å². The van der Waals surface area contributed by atoms with E-state index in [0.717, 1.165) is 0 Å². The number of halogens is 1. The van der Waals surface area contributed by atoms with Crippen LogP contribution in [0.25, 0.3) is 0 Å². The molecule has 0 bridgehead atoms. The van der Waals surface area contributed by atoms with Gasteiger partial charge in [0.25, 0.3) is 0 Å². The van der Waals surface area contributed by atoms with Crippen molar-refractivity contribution in [2.45, 2.75) is 13.8 Å². The number of allylic oxidation sites excluding steroid dienone is 1. The molecule has 1 rings (SSSR count). The van der Waals surface area contributed by atoms with E-state index in [4.69, 9.17) is 11.6 Å². The van der Waals surface area contributed by atoms with Crippen molar-refractivity contribution >= 4 is 22.8 Å². The van der Waals surface area contributed by atoms with Crippen LogP contribution in [0.3, 0.4) is 0 Å². The lowest BCUT2D eigenvalue weighted by atomic mass is 10.1. The Labute approximate surface area is 88.1 Å². The highest BCUT2D eigenvalue weighted by molar-refractivity contribution is 6.64. The van der Waals surface area contributed by atoms with Gasteiger partial charge in [-0.15, -0.1) is 0 Å². The van der Waals surface area contributed by atoms with Gasteiger partial charge in [-0.1, -0.05) is 19.9 Å². The van der Waals surface area contributed by atoms with E-state index in [0.29, 0.717) is 0 Å². The maximum atomic E-state index is 11.0. The molecule has 0 aromatic heterocycles. The minimum Gasteiger partial charge on any atom is -0.466 e. The molecule has 0 amide bonds. The maximum absolute atomic E-state index is 11.0. The first-order valence-corrected chi connectivity index (χ1v) is 4.74. The summed E-state index contributed by atoms with van der Waals surface area (Å²) in [6.45, 7) is 3.90. The van der Waals surface area contributed by atoms with Crippen LogP contribution in [0.2, 0.25) is 0 Å². The molecule has 0 heterocycles. The summed E-state index contributed by atoms with van der Waals surface area (Å²) in [4.78, 5) is 21.8. The monoisotopic (exact) mass is 216 g/mol. The molecule has 14 heavy (non-hydrogen) atoms. The van der Waals surface area contributed by atoms with Crippen LogP contribution in [0.5, 0.6) is 0 Å². The third-order valence-electron chi connectivity index (χ3n) is 2.80. The van der Waals surface area contributed by atoms with Crippen molar-refractivity contribution in [1.82, 2.24) is 0 Å². The minimum absolute atomic E-state index is 0.0478. The van der Waals surface area contributed by atoms with Crippen LogP contribution < -0.4 is 0 Å². The van der Waals surface area contributed by atoms with Crippen LogP contribution in [0.1, 0.15) is 13.8 Å². The molecule has 0 saturated heterocycles. The Balaban J connectivity index is 2.61. The summed E-state index contributed by atoms with van der Waals surface area (Å²) >= 11 is 5.41. The van der Waals surface area contributed by atoms with Crippen LogP contribution in [0.15, 0.2) is 12.2 Å². The highest BCUT2D eigenvalue weighted by Crippen LogP contribution is 2.59. The van der Waals surface area contributed by atoms with Crippen molar-refractivity contribution in [3.05, 3.63) is 12.2 Å². The predicted octanol–water partition coefficient (Wildman–Crippen LogP) is 1.75. The quantitative estimate of drug-likeness (QED) is 0.410. The van der Waals surface area contributed by atoms with Gasteiger partial charge >= 0.3 is 5.97 Å². The third kappa shape index (κ3) is 1.98. The fourth-order valence-electron chi connectivity index (χ4n) is 1.72. The van der Waals surface area contributed by atoms with E-state index in [1.165, 1.54) is 13.2 Å². The van der Waals surface area contributed by atoms with Gasteiger partial charge in [0.1, 0.15) is 0 Å². The number of esters is 1. The minimum atomic E-state index is -0.409. The average molecular weight is 217 g/mol. The van der Waals surface area contributed by atoms with Crippen LogP contribution in [0.4, 0.5) is 0 Å². The molecule has 4 heteroatoms. The summed E-state index contributed by atoms with van der Waals surface area (Å²) in [6.07, 6.45) is 3.03. The molecule has 78 valence electrons. The first-order valence-electron chi connectivity index (χ1n) is 4.36. The second kappa shape index (κ2) is 3.73. The number of carbonyl (C=O) groups excluding carboxylic acids is 2. The van der Waals surface area contributed by atoms with E-state index in [2.05, 4.69) is 4.74 Å². The zero-order valence-electron chi connectivity index (χ0n) is 8.41. The van der Waals surface area contributed by atoms with Gasteiger partial charge in [0, 0.05) is 12.0 Å². The maximum Gasteiger partial charge on any atom is 0.330 e. The van der Waals surface area contributed by atoms with Gasteiger partial charge in [0.15, 0.2) is 0 Å². The lowest BCUT2D eigenvalue weighted by molar-refractivity contribution is -0.134. The molecule has 0 radical (unpaired) electrons. The number of ether oxygens (including phenoxy) is 1. The van der Waals surface area contributed by atoms with E-state index in [-0.39, 0.29) is 22.5 Å². The molecule has 0 aliphatic heterocycles.